The van der Waals surface area contributed by atoms with E-state index in [-0.39, 0.29) is 28.7 Å². The number of hydrogen-bond donors (Lipinski definition) is 2. The molecule has 1 amide bonds. The summed E-state index contributed by atoms with van der Waals surface area (Å²) in [7, 11) is -3.99. The molecule has 2 rings (SSSR count). The molecular formula is C17H20FN3O6S. The Hall–Kier alpha value is -2.79. The topological polar surface area (TPSA) is 128 Å². The molecule has 0 fully saturated rings. The van der Waals surface area contributed by atoms with Crippen LogP contribution >= 0.6 is 0 Å². The van der Waals surface area contributed by atoms with Gasteiger partial charge in [-0.25, -0.2) is 12.8 Å². The summed E-state index contributed by atoms with van der Waals surface area (Å²) in [5.41, 5.74) is 1.01. The lowest BCUT2D eigenvalue weighted by molar-refractivity contribution is -0.147. The van der Waals surface area contributed by atoms with Crippen LogP contribution in [0.5, 0.6) is 0 Å². The molecule has 0 aliphatic heterocycles. The van der Waals surface area contributed by atoms with Gasteiger partial charge >= 0.3 is 5.97 Å². The van der Waals surface area contributed by atoms with Crippen LogP contribution in [0.4, 0.5) is 4.39 Å². The highest BCUT2D eigenvalue weighted by atomic mass is 32.2. The van der Waals surface area contributed by atoms with Gasteiger partial charge < -0.3 is 14.6 Å². The molecule has 28 heavy (non-hydrogen) atoms. The van der Waals surface area contributed by atoms with Gasteiger partial charge in [-0.3, -0.25) is 9.59 Å². The number of carbonyl (C=O) groups excluding carboxylic acids is 2. The van der Waals surface area contributed by atoms with E-state index < -0.39 is 35.1 Å². The molecule has 0 bridgehead atoms. The molecule has 1 heterocycles. The Morgan fingerprint density at radius 1 is 1.21 bits per heavy atom. The van der Waals surface area contributed by atoms with Crippen LogP contribution in [0.2, 0.25) is 0 Å². The van der Waals surface area contributed by atoms with E-state index in [2.05, 4.69) is 15.2 Å². The van der Waals surface area contributed by atoms with Gasteiger partial charge in [0.05, 0.1) is 0 Å². The van der Waals surface area contributed by atoms with Crippen molar-refractivity contribution in [1.82, 2.24) is 15.2 Å². The largest absolute Gasteiger partial charge is 0.455 e. The minimum atomic E-state index is -3.99. The maximum Gasteiger partial charge on any atom is 0.321 e. The quantitative estimate of drug-likeness (QED) is 0.577. The summed E-state index contributed by atoms with van der Waals surface area (Å²) >= 11 is 0. The van der Waals surface area contributed by atoms with Gasteiger partial charge in [0.2, 0.25) is 10.0 Å². The summed E-state index contributed by atoms with van der Waals surface area (Å²) in [6.07, 6.45) is 0.483. The van der Waals surface area contributed by atoms with Crippen molar-refractivity contribution >= 4 is 21.9 Å². The second kappa shape index (κ2) is 9.42. The molecule has 11 heteroatoms. The van der Waals surface area contributed by atoms with Crippen molar-refractivity contribution in [2.24, 2.45) is 0 Å². The third kappa shape index (κ3) is 6.13. The molecule has 152 valence electrons. The zero-order valence-electron chi connectivity index (χ0n) is 15.3. The van der Waals surface area contributed by atoms with Crippen LogP contribution in [0.1, 0.15) is 17.0 Å². The first-order valence-corrected chi connectivity index (χ1v) is 9.76. The van der Waals surface area contributed by atoms with Crippen LogP contribution in [0.3, 0.4) is 0 Å². The first-order valence-electron chi connectivity index (χ1n) is 8.28. The maximum atomic E-state index is 12.8. The highest BCUT2D eigenvalue weighted by molar-refractivity contribution is 7.89. The molecule has 0 atom stereocenters. The fourth-order valence-corrected chi connectivity index (χ4v) is 3.62. The summed E-state index contributed by atoms with van der Waals surface area (Å²) in [6, 6.07) is 5.85. The molecule has 0 spiro atoms. The van der Waals surface area contributed by atoms with Crippen molar-refractivity contribution in [2.45, 2.75) is 25.2 Å². The fraction of sp³-hybridized carbons (Fsp3) is 0.353. The van der Waals surface area contributed by atoms with Crippen LogP contribution in [-0.2, 0) is 30.8 Å². The number of benzene rings is 1. The smallest absolute Gasteiger partial charge is 0.321 e. The van der Waals surface area contributed by atoms with Crippen LogP contribution in [0, 0.1) is 19.7 Å². The van der Waals surface area contributed by atoms with E-state index >= 15 is 0 Å². The molecule has 0 saturated heterocycles. The van der Waals surface area contributed by atoms with Crippen molar-refractivity contribution in [3.05, 3.63) is 47.1 Å². The third-order valence-corrected chi connectivity index (χ3v) is 5.30. The second-order valence-electron chi connectivity index (χ2n) is 5.86. The SMILES string of the molecule is Cc1noc(C)c1S(=O)(=O)NCC(=O)OCC(=O)NCCc1ccc(F)cc1. The van der Waals surface area contributed by atoms with Crippen molar-refractivity contribution in [1.29, 1.82) is 0 Å². The number of carbonyl (C=O) groups is 2. The van der Waals surface area contributed by atoms with E-state index in [0.29, 0.717) is 6.42 Å². The molecule has 0 unspecified atom stereocenters. The number of esters is 1. The molecule has 0 aliphatic rings. The Balaban J connectivity index is 1.70. The minimum Gasteiger partial charge on any atom is -0.455 e. The molecule has 1 aromatic heterocycles. The monoisotopic (exact) mass is 413 g/mol. The second-order valence-corrected chi connectivity index (χ2v) is 7.57. The van der Waals surface area contributed by atoms with E-state index in [4.69, 9.17) is 9.26 Å². The third-order valence-electron chi connectivity index (χ3n) is 3.66. The molecule has 1 aromatic carbocycles. The zero-order chi connectivity index (χ0) is 20.7. The van der Waals surface area contributed by atoms with Crippen molar-refractivity contribution in [3.8, 4) is 0 Å². The van der Waals surface area contributed by atoms with Crippen molar-refractivity contribution in [3.63, 3.8) is 0 Å². The van der Waals surface area contributed by atoms with Gasteiger partial charge in [0, 0.05) is 6.54 Å². The summed E-state index contributed by atoms with van der Waals surface area (Å²) in [4.78, 5) is 23.2. The summed E-state index contributed by atoms with van der Waals surface area (Å²) in [5, 5.41) is 6.08. The number of rotatable bonds is 9. The number of ether oxygens (including phenoxy) is 1. The Kier molecular flexibility index (Phi) is 7.24. The van der Waals surface area contributed by atoms with Gasteiger partial charge in [-0.2, -0.15) is 4.72 Å². The van der Waals surface area contributed by atoms with Crippen LogP contribution in [-0.4, -0.2) is 45.1 Å². The van der Waals surface area contributed by atoms with Gasteiger partial charge in [-0.1, -0.05) is 17.3 Å². The van der Waals surface area contributed by atoms with Gasteiger partial charge in [-0.05, 0) is 38.0 Å². The van der Waals surface area contributed by atoms with E-state index in [0.717, 1.165) is 5.56 Å². The molecular weight excluding hydrogens is 393 g/mol. The Bertz CT molecular complexity index is 921. The maximum absolute atomic E-state index is 12.8. The Labute approximate surface area is 161 Å². The number of aromatic nitrogens is 1. The summed E-state index contributed by atoms with van der Waals surface area (Å²) < 4.78 is 48.7. The molecule has 0 saturated carbocycles. The van der Waals surface area contributed by atoms with E-state index in [1.54, 1.807) is 12.1 Å². The predicted molar refractivity (Wildman–Crippen MR) is 95.2 cm³/mol. The number of halogens is 1. The first-order chi connectivity index (χ1) is 13.2. The number of hydrogen-bond acceptors (Lipinski definition) is 7. The lowest BCUT2D eigenvalue weighted by Gasteiger charge is -2.08. The number of nitrogens with one attached hydrogen (secondary N) is 2. The summed E-state index contributed by atoms with van der Waals surface area (Å²) in [6.45, 7) is 1.98. The van der Waals surface area contributed by atoms with Crippen molar-refractivity contribution < 1.29 is 31.7 Å². The normalized spacial score (nSPS) is 11.2. The lowest BCUT2D eigenvalue weighted by atomic mass is 10.1. The lowest BCUT2D eigenvalue weighted by Crippen LogP contribution is -2.34. The van der Waals surface area contributed by atoms with E-state index in [1.807, 2.05) is 0 Å². The molecule has 2 N–H and O–H groups in total. The van der Waals surface area contributed by atoms with Gasteiger partial charge in [0.15, 0.2) is 12.4 Å². The number of sulfonamides is 1. The van der Waals surface area contributed by atoms with Gasteiger partial charge in [-0.15, -0.1) is 0 Å². The Morgan fingerprint density at radius 2 is 1.89 bits per heavy atom. The van der Waals surface area contributed by atoms with E-state index in [1.165, 1.54) is 26.0 Å². The molecule has 9 nitrogen and oxygen atoms in total. The van der Waals surface area contributed by atoms with Gasteiger partial charge in [0.25, 0.3) is 5.91 Å². The Morgan fingerprint density at radius 3 is 2.50 bits per heavy atom. The number of aryl methyl sites for hydroxylation is 2. The average Bonchev–Trinajstić information content (AvgIpc) is 2.99. The molecule has 0 radical (unpaired) electrons. The van der Waals surface area contributed by atoms with Crippen LogP contribution < -0.4 is 10.0 Å². The molecule has 0 aliphatic carbocycles. The molecule has 2 aromatic rings. The fourth-order valence-electron chi connectivity index (χ4n) is 2.33. The highest BCUT2D eigenvalue weighted by Crippen LogP contribution is 2.18. The van der Waals surface area contributed by atoms with Crippen LogP contribution in [0.15, 0.2) is 33.7 Å². The van der Waals surface area contributed by atoms with Crippen molar-refractivity contribution in [2.75, 3.05) is 19.7 Å². The number of nitrogens with zero attached hydrogens (tertiary/aromatic N) is 1. The standard InChI is InChI=1S/C17H20FN3O6S/c1-11-17(12(2)27-21-11)28(24,25)20-9-16(23)26-10-15(22)19-8-7-13-3-5-14(18)6-4-13/h3-6,20H,7-10H2,1-2H3,(H,19,22). The zero-order valence-corrected chi connectivity index (χ0v) is 16.1. The van der Waals surface area contributed by atoms with Gasteiger partial charge in [0.1, 0.15) is 23.0 Å². The van der Waals surface area contributed by atoms with E-state index in [9.17, 15) is 22.4 Å². The predicted octanol–water partition coefficient (Wildman–Crippen LogP) is 0.611. The summed E-state index contributed by atoms with van der Waals surface area (Å²) in [5.74, 6) is -1.70. The highest BCUT2D eigenvalue weighted by Gasteiger charge is 2.25. The van der Waals surface area contributed by atoms with Crippen LogP contribution in [0.25, 0.3) is 0 Å². The minimum absolute atomic E-state index is 0.0962. The first kappa shape index (κ1) is 21.5. The number of amides is 1. The average molecular weight is 413 g/mol.